The highest BCUT2D eigenvalue weighted by molar-refractivity contribution is 5.81. The number of carbonyl (C=O) groups excluding carboxylic acids is 2. The first kappa shape index (κ1) is 20.7. The van der Waals surface area contributed by atoms with Gasteiger partial charge in [-0.2, -0.15) is 0 Å². The second-order valence-corrected chi connectivity index (χ2v) is 5.77. The van der Waals surface area contributed by atoms with E-state index in [2.05, 4.69) is 5.32 Å². The molecule has 1 N–H and O–H groups in total. The Morgan fingerprint density at radius 2 is 1.82 bits per heavy atom. The van der Waals surface area contributed by atoms with E-state index in [4.69, 9.17) is 14.2 Å². The molecule has 0 spiro atoms. The Labute approximate surface area is 161 Å². The van der Waals surface area contributed by atoms with Crippen molar-refractivity contribution >= 4 is 17.9 Å². The number of hydrogen-bond acceptors (Lipinski definition) is 7. The monoisotopic (exact) mass is 388 g/mol. The van der Waals surface area contributed by atoms with Crippen LogP contribution in [0.25, 0.3) is 0 Å². The Morgan fingerprint density at radius 1 is 1.14 bits per heavy atom. The molecule has 9 heteroatoms. The number of nitrogens with one attached hydrogen (secondary N) is 1. The third-order valence-electron chi connectivity index (χ3n) is 3.90. The summed E-state index contributed by atoms with van der Waals surface area (Å²) in [6.45, 7) is 1.68. The minimum atomic E-state index is -0.985. The highest BCUT2D eigenvalue weighted by Crippen LogP contribution is 2.29. The molecule has 148 valence electrons. The minimum absolute atomic E-state index is 0.0932. The van der Waals surface area contributed by atoms with Crippen LogP contribution in [0.3, 0.4) is 0 Å². The molecule has 1 atom stereocenters. The Bertz CT molecular complexity index is 883. The van der Waals surface area contributed by atoms with Gasteiger partial charge in [0.05, 0.1) is 19.1 Å². The third kappa shape index (κ3) is 4.97. The number of benzene rings is 2. The van der Waals surface area contributed by atoms with E-state index < -0.39 is 16.9 Å². The van der Waals surface area contributed by atoms with Crippen LogP contribution in [0.15, 0.2) is 36.4 Å². The van der Waals surface area contributed by atoms with Crippen molar-refractivity contribution in [3.05, 3.63) is 57.6 Å². The molecule has 28 heavy (non-hydrogen) atoms. The van der Waals surface area contributed by atoms with E-state index in [0.717, 1.165) is 11.6 Å². The van der Waals surface area contributed by atoms with E-state index in [0.29, 0.717) is 17.8 Å². The first-order valence-electron chi connectivity index (χ1n) is 8.28. The lowest BCUT2D eigenvalue weighted by Gasteiger charge is -2.15. The van der Waals surface area contributed by atoms with Crippen molar-refractivity contribution in [1.29, 1.82) is 0 Å². The van der Waals surface area contributed by atoms with Crippen LogP contribution in [-0.2, 0) is 11.3 Å². The van der Waals surface area contributed by atoms with E-state index in [-0.39, 0.29) is 23.5 Å². The van der Waals surface area contributed by atoms with Crippen molar-refractivity contribution < 1.29 is 28.7 Å². The molecule has 2 aromatic rings. The number of nitrogens with zero attached hydrogens (tertiary/aromatic N) is 1. The van der Waals surface area contributed by atoms with E-state index in [1.807, 2.05) is 0 Å². The average molecular weight is 388 g/mol. The van der Waals surface area contributed by atoms with Crippen molar-refractivity contribution in [3.8, 4) is 17.2 Å². The molecule has 2 aromatic carbocycles. The van der Waals surface area contributed by atoms with Gasteiger partial charge in [-0.05, 0) is 36.8 Å². The second kappa shape index (κ2) is 9.36. The van der Waals surface area contributed by atoms with Gasteiger partial charge in [-0.1, -0.05) is 6.07 Å². The molecule has 0 saturated heterocycles. The fourth-order valence-corrected chi connectivity index (χ4v) is 2.42. The van der Waals surface area contributed by atoms with Gasteiger partial charge in [0.2, 0.25) is 0 Å². The predicted octanol–water partition coefficient (Wildman–Crippen LogP) is 2.51. The Morgan fingerprint density at radius 3 is 2.43 bits per heavy atom. The molecule has 0 heterocycles. The number of amides is 1. The van der Waals surface area contributed by atoms with Crippen LogP contribution in [-0.4, -0.2) is 37.4 Å². The van der Waals surface area contributed by atoms with Gasteiger partial charge in [0.25, 0.3) is 5.91 Å². The predicted molar refractivity (Wildman–Crippen MR) is 100.0 cm³/mol. The molecule has 2 rings (SSSR count). The second-order valence-electron chi connectivity index (χ2n) is 5.77. The van der Waals surface area contributed by atoms with Crippen LogP contribution in [0, 0.1) is 10.1 Å². The molecule has 0 aliphatic carbocycles. The first-order valence-corrected chi connectivity index (χ1v) is 8.28. The lowest BCUT2D eigenvalue weighted by molar-refractivity contribution is -0.386. The summed E-state index contributed by atoms with van der Waals surface area (Å²) in [5, 5.41) is 13.8. The molecule has 9 nitrogen and oxygen atoms in total. The molecule has 0 saturated carbocycles. The summed E-state index contributed by atoms with van der Waals surface area (Å²) >= 11 is 0. The van der Waals surface area contributed by atoms with E-state index in [9.17, 15) is 19.7 Å². The van der Waals surface area contributed by atoms with Crippen molar-refractivity contribution in [2.75, 3.05) is 14.2 Å². The molecule has 0 aliphatic heterocycles. The smallest absolute Gasteiger partial charge is 0.311 e. The zero-order valence-corrected chi connectivity index (χ0v) is 15.6. The van der Waals surface area contributed by atoms with Gasteiger partial charge in [-0.25, -0.2) is 0 Å². The zero-order chi connectivity index (χ0) is 20.7. The number of methoxy groups -OCH3 is 2. The van der Waals surface area contributed by atoms with Gasteiger partial charge >= 0.3 is 5.69 Å². The first-order chi connectivity index (χ1) is 13.4. The van der Waals surface area contributed by atoms with Gasteiger partial charge < -0.3 is 19.5 Å². The standard InChI is InChI=1S/C19H20N2O7/c1-12(28-16-6-5-14(11-22)8-15(16)21(24)25)19(23)20-10-13-4-7-17(26-2)18(9-13)27-3/h4-9,11-12H,10H2,1-3H3,(H,20,23)/t12-/m1/s1. The van der Waals surface area contributed by atoms with E-state index in [1.54, 1.807) is 18.2 Å². The van der Waals surface area contributed by atoms with Crippen LogP contribution < -0.4 is 19.5 Å². The molecule has 0 bridgehead atoms. The number of ether oxygens (including phenoxy) is 3. The Kier molecular flexibility index (Phi) is 6.91. The number of nitro benzene ring substituents is 1. The van der Waals surface area contributed by atoms with Gasteiger partial charge in [-0.3, -0.25) is 19.7 Å². The molecule has 1 amide bonds. The zero-order valence-electron chi connectivity index (χ0n) is 15.6. The van der Waals surface area contributed by atoms with Crippen LogP contribution in [0.5, 0.6) is 17.2 Å². The SMILES string of the molecule is COc1ccc(CNC(=O)[C@@H](C)Oc2ccc(C=O)cc2[N+](=O)[O-])cc1OC. The lowest BCUT2D eigenvalue weighted by atomic mass is 10.2. The molecule has 0 fully saturated rings. The summed E-state index contributed by atoms with van der Waals surface area (Å²) < 4.78 is 15.8. The van der Waals surface area contributed by atoms with Crippen molar-refractivity contribution in [2.24, 2.45) is 0 Å². The van der Waals surface area contributed by atoms with Crippen molar-refractivity contribution in [2.45, 2.75) is 19.6 Å². The molecule has 0 radical (unpaired) electrons. The molecular formula is C19H20N2O7. The highest BCUT2D eigenvalue weighted by Gasteiger charge is 2.21. The maximum Gasteiger partial charge on any atom is 0.311 e. The van der Waals surface area contributed by atoms with Gasteiger partial charge in [-0.15, -0.1) is 0 Å². The quantitative estimate of drug-likeness (QED) is 0.398. The summed E-state index contributed by atoms with van der Waals surface area (Å²) in [7, 11) is 3.04. The summed E-state index contributed by atoms with van der Waals surface area (Å²) in [6.07, 6.45) is -0.489. The Balaban J connectivity index is 2.04. The van der Waals surface area contributed by atoms with Gasteiger partial charge in [0, 0.05) is 18.2 Å². The molecular weight excluding hydrogens is 368 g/mol. The van der Waals surface area contributed by atoms with Gasteiger partial charge in [0.1, 0.15) is 6.29 Å². The number of carbonyl (C=O) groups is 2. The highest BCUT2D eigenvalue weighted by atomic mass is 16.6. The Hall–Kier alpha value is -3.62. The summed E-state index contributed by atoms with van der Waals surface area (Å²) in [6, 6.07) is 8.99. The number of rotatable bonds is 9. The summed E-state index contributed by atoms with van der Waals surface area (Å²) in [5.74, 6) is 0.553. The normalized spacial score (nSPS) is 11.2. The summed E-state index contributed by atoms with van der Waals surface area (Å²) in [4.78, 5) is 33.6. The number of nitro groups is 1. The van der Waals surface area contributed by atoms with Crippen LogP contribution >= 0.6 is 0 Å². The largest absolute Gasteiger partial charge is 0.493 e. The maximum absolute atomic E-state index is 12.3. The van der Waals surface area contributed by atoms with Crippen LogP contribution in [0.4, 0.5) is 5.69 Å². The molecule has 0 unspecified atom stereocenters. The van der Waals surface area contributed by atoms with Crippen molar-refractivity contribution in [1.82, 2.24) is 5.32 Å². The molecule has 0 aliphatic rings. The average Bonchev–Trinajstić information content (AvgIpc) is 2.71. The topological polar surface area (TPSA) is 117 Å². The van der Waals surface area contributed by atoms with Crippen molar-refractivity contribution in [3.63, 3.8) is 0 Å². The maximum atomic E-state index is 12.3. The fourth-order valence-electron chi connectivity index (χ4n) is 2.42. The summed E-state index contributed by atoms with van der Waals surface area (Å²) in [5.41, 5.74) is 0.535. The minimum Gasteiger partial charge on any atom is -0.493 e. The lowest BCUT2D eigenvalue weighted by Crippen LogP contribution is -2.36. The third-order valence-corrected chi connectivity index (χ3v) is 3.90. The van der Waals surface area contributed by atoms with E-state index >= 15 is 0 Å². The molecule has 0 aromatic heterocycles. The number of aldehydes is 1. The van der Waals surface area contributed by atoms with Crippen LogP contribution in [0.2, 0.25) is 0 Å². The van der Waals surface area contributed by atoms with Gasteiger partial charge in [0.15, 0.2) is 23.4 Å². The van der Waals surface area contributed by atoms with E-state index in [1.165, 1.54) is 33.3 Å². The van der Waals surface area contributed by atoms with Crippen LogP contribution in [0.1, 0.15) is 22.8 Å². The fraction of sp³-hybridized carbons (Fsp3) is 0.263. The number of hydrogen-bond donors (Lipinski definition) is 1.